The molecule has 1 atom stereocenters. The van der Waals surface area contributed by atoms with Gasteiger partial charge in [-0.3, -0.25) is 4.79 Å². The molecule has 0 saturated carbocycles. The van der Waals surface area contributed by atoms with Crippen LogP contribution in [-0.2, 0) is 4.79 Å². The number of carbonyl (C=O) groups excluding carboxylic acids is 1. The zero-order chi connectivity index (χ0) is 13.2. The minimum Gasteiger partial charge on any atom is -0.309 e. The summed E-state index contributed by atoms with van der Waals surface area (Å²) >= 11 is 0. The SMILES string of the molecule is Cc1cccc(NC(=O)C2NCCCC2(C)C)n1. The van der Waals surface area contributed by atoms with E-state index in [1.165, 1.54) is 0 Å². The Hall–Kier alpha value is -1.42. The lowest BCUT2D eigenvalue weighted by molar-refractivity contribution is -0.121. The molecule has 2 rings (SSSR count). The van der Waals surface area contributed by atoms with Crippen LogP contribution in [0.2, 0.25) is 0 Å². The number of hydrogen-bond acceptors (Lipinski definition) is 3. The van der Waals surface area contributed by atoms with E-state index in [1.807, 2.05) is 25.1 Å². The number of anilines is 1. The van der Waals surface area contributed by atoms with Gasteiger partial charge in [-0.05, 0) is 43.9 Å². The second kappa shape index (κ2) is 5.06. The van der Waals surface area contributed by atoms with Gasteiger partial charge >= 0.3 is 0 Å². The fourth-order valence-electron chi connectivity index (χ4n) is 2.47. The summed E-state index contributed by atoms with van der Waals surface area (Å²) in [6, 6.07) is 5.49. The molecule has 1 unspecified atom stereocenters. The zero-order valence-electron chi connectivity index (χ0n) is 11.3. The number of hydrogen-bond donors (Lipinski definition) is 2. The van der Waals surface area contributed by atoms with Crippen molar-refractivity contribution in [2.75, 3.05) is 11.9 Å². The third kappa shape index (κ3) is 2.88. The smallest absolute Gasteiger partial charge is 0.243 e. The van der Waals surface area contributed by atoms with Crippen LogP contribution >= 0.6 is 0 Å². The highest BCUT2D eigenvalue weighted by Gasteiger charge is 2.37. The van der Waals surface area contributed by atoms with E-state index < -0.39 is 0 Å². The molecule has 1 aromatic heterocycles. The highest BCUT2D eigenvalue weighted by atomic mass is 16.2. The monoisotopic (exact) mass is 247 g/mol. The van der Waals surface area contributed by atoms with Crippen molar-refractivity contribution in [1.29, 1.82) is 0 Å². The quantitative estimate of drug-likeness (QED) is 0.841. The summed E-state index contributed by atoms with van der Waals surface area (Å²) in [6.45, 7) is 7.08. The van der Waals surface area contributed by atoms with Crippen LogP contribution in [0.4, 0.5) is 5.82 Å². The van der Waals surface area contributed by atoms with Crippen molar-refractivity contribution < 1.29 is 4.79 Å². The van der Waals surface area contributed by atoms with E-state index in [-0.39, 0.29) is 17.4 Å². The first-order chi connectivity index (χ1) is 8.49. The summed E-state index contributed by atoms with van der Waals surface area (Å²) in [5.74, 6) is 0.640. The van der Waals surface area contributed by atoms with Gasteiger partial charge in [0.25, 0.3) is 0 Å². The van der Waals surface area contributed by atoms with Gasteiger partial charge in [0.2, 0.25) is 5.91 Å². The lowest BCUT2D eigenvalue weighted by Crippen LogP contribution is -2.53. The van der Waals surface area contributed by atoms with Crippen LogP contribution in [0.1, 0.15) is 32.4 Å². The Kier molecular flexibility index (Phi) is 3.66. The molecule has 1 saturated heterocycles. The zero-order valence-corrected chi connectivity index (χ0v) is 11.3. The normalized spacial score (nSPS) is 22.5. The largest absolute Gasteiger partial charge is 0.309 e. The van der Waals surface area contributed by atoms with E-state index in [9.17, 15) is 4.79 Å². The Morgan fingerprint density at radius 3 is 2.94 bits per heavy atom. The van der Waals surface area contributed by atoms with E-state index in [1.54, 1.807) is 0 Å². The molecule has 1 amide bonds. The molecule has 0 aromatic carbocycles. The van der Waals surface area contributed by atoms with Crippen molar-refractivity contribution in [1.82, 2.24) is 10.3 Å². The Morgan fingerprint density at radius 2 is 2.28 bits per heavy atom. The maximum atomic E-state index is 12.3. The van der Waals surface area contributed by atoms with E-state index in [0.717, 1.165) is 25.1 Å². The number of nitrogens with one attached hydrogen (secondary N) is 2. The van der Waals surface area contributed by atoms with E-state index in [0.29, 0.717) is 5.82 Å². The number of rotatable bonds is 2. The molecular formula is C14H21N3O. The van der Waals surface area contributed by atoms with Crippen LogP contribution in [0, 0.1) is 12.3 Å². The second-order valence-corrected chi connectivity index (χ2v) is 5.63. The molecule has 1 fully saturated rings. The van der Waals surface area contributed by atoms with Crippen LogP contribution in [0.15, 0.2) is 18.2 Å². The second-order valence-electron chi connectivity index (χ2n) is 5.63. The van der Waals surface area contributed by atoms with E-state index in [4.69, 9.17) is 0 Å². The summed E-state index contributed by atoms with van der Waals surface area (Å²) < 4.78 is 0. The Bertz CT molecular complexity index is 442. The summed E-state index contributed by atoms with van der Waals surface area (Å²) in [5.41, 5.74) is 0.898. The predicted octanol–water partition coefficient (Wildman–Crippen LogP) is 2.11. The van der Waals surface area contributed by atoms with Crippen molar-refractivity contribution in [2.24, 2.45) is 5.41 Å². The topological polar surface area (TPSA) is 54.0 Å². The first-order valence-corrected chi connectivity index (χ1v) is 6.47. The molecule has 1 aliphatic heterocycles. The molecule has 0 spiro atoms. The Labute approximate surface area is 108 Å². The van der Waals surface area contributed by atoms with Crippen LogP contribution in [0.5, 0.6) is 0 Å². The lowest BCUT2D eigenvalue weighted by atomic mass is 9.77. The van der Waals surface area contributed by atoms with Gasteiger partial charge in [0.05, 0.1) is 6.04 Å². The molecule has 1 aromatic rings. The van der Waals surface area contributed by atoms with Gasteiger partial charge < -0.3 is 10.6 Å². The van der Waals surface area contributed by atoms with Gasteiger partial charge in [0, 0.05) is 5.69 Å². The molecule has 1 aliphatic rings. The van der Waals surface area contributed by atoms with Crippen molar-refractivity contribution in [3.8, 4) is 0 Å². The first kappa shape index (κ1) is 13.0. The third-order valence-corrected chi connectivity index (χ3v) is 3.53. The minimum absolute atomic E-state index is 0.00778. The number of aryl methyl sites for hydroxylation is 1. The summed E-state index contributed by atoms with van der Waals surface area (Å²) in [5, 5.41) is 6.20. The molecule has 0 radical (unpaired) electrons. The Morgan fingerprint density at radius 1 is 1.50 bits per heavy atom. The molecule has 98 valence electrons. The van der Waals surface area contributed by atoms with Gasteiger partial charge in [-0.25, -0.2) is 4.98 Å². The summed E-state index contributed by atoms with van der Waals surface area (Å²) in [4.78, 5) is 16.6. The molecule has 2 N–H and O–H groups in total. The van der Waals surface area contributed by atoms with Crippen LogP contribution in [0.25, 0.3) is 0 Å². The molecule has 2 heterocycles. The van der Waals surface area contributed by atoms with Crippen molar-refractivity contribution >= 4 is 11.7 Å². The Balaban J connectivity index is 2.07. The third-order valence-electron chi connectivity index (χ3n) is 3.53. The van der Waals surface area contributed by atoms with Crippen LogP contribution < -0.4 is 10.6 Å². The fraction of sp³-hybridized carbons (Fsp3) is 0.571. The fourth-order valence-corrected chi connectivity index (χ4v) is 2.47. The van der Waals surface area contributed by atoms with Gasteiger partial charge in [0.1, 0.15) is 5.82 Å². The maximum absolute atomic E-state index is 12.3. The van der Waals surface area contributed by atoms with Crippen molar-refractivity contribution in [3.05, 3.63) is 23.9 Å². The van der Waals surface area contributed by atoms with Crippen molar-refractivity contribution in [2.45, 2.75) is 39.7 Å². The van der Waals surface area contributed by atoms with Gasteiger partial charge in [0.15, 0.2) is 0 Å². The van der Waals surface area contributed by atoms with Gasteiger partial charge in [-0.15, -0.1) is 0 Å². The highest BCUT2D eigenvalue weighted by Crippen LogP contribution is 2.30. The van der Waals surface area contributed by atoms with Gasteiger partial charge in [-0.2, -0.15) is 0 Å². The van der Waals surface area contributed by atoms with Crippen LogP contribution in [-0.4, -0.2) is 23.5 Å². The number of piperidine rings is 1. The number of pyridine rings is 1. The maximum Gasteiger partial charge on any atom is 0.243 e. The number of carbonyl (C=O) groups is 1. The number of amides is 1. The molecule has 0 aliphatic carbocycles. The predicted molar refractivity (Wildman–Crippen MR) is 72.4 cm³/mol. The molecule has 4 heteroatoms. The highest BCUT2D eigenvalue weighted by molar-refractivity contribution is 5.94. The summed E-state index contributed by atoms with van der Waals surface area (Å²) in [6.07, 6.45) is 2.19. The average Bonchev–Trinajstić information content (AvgIpc) is 2.28. The molecular weight excluding hydrogens is 226 g/mol. The standard InChI is InChI=1S/C14H21N3O/c1-10-6-4-7-11(16-10)17-13(18)12-14(2,3)8-5-9-15-12/h4,6-7,12,15H,5,8-9H2,1-3H3,(H,16,17,18). The average molecular weight is 247 g/mol. The molecule has 18 heavy (non-hydrogen) atoms. The van der Waals surface area contributed by atoms with Gasteiger partial charge in [-0.1, -0.05) is 19.9 Å². The van der Waals surface area contributed by atoms with E-state index in [2.05, 4.69) is 29.5 Å². The lowest BCUT2D eigenvalue weighted by Gasteiger charge is -2.38. The molecule has 0 bridgehead atoms. The minimum atomic E-state index is -0.145. The summed E-state index contributed by atoms with van der Waals surface area (Å²) in [7, 11) is 0. The van der Waals surface area contributed by atoms with Crippen molar-refractivity contribution in [3.63, 3.8) is 0 Å². The molecule has 4 nitrogen and oxygen atoms in total. The number of nitrogens with zero attached hydrogens (tertiary/aromatic N) is 1. The number of aromatic nitrogens is 1. The van der Waals surface area contributed by atoms with E-state index >= 15 is 0 Å². The first-order valence-electron chi connectivity index (χ1n) is 6.47. The van der Waals surface area contributed by atoms with Crippen LogP contribution in [0.3, 0.4) is 0 Å².